The average molecular weight is 452 g/mol. The number of thiophene rings is 1. The van der Waals surface area contributed by atoms with E-state index in [0.29, 0.717) is 24.0 Å². The van der Waals surface area contributed by atoms with Crippen LogP contribution in [0.2, 0.25) is 0 Å². The highest BCUT2D eigenvalue weighted by Crippen LogP contribution is 2.28. The standard InChI is InChI=1S/C23H20N2O6S/c1-13-18(24-20(31-13)19-5-3-9-32-19)12-30-23(28)14-6-7-16-17(10-14)22(27)25(21(16)26)11-15-4-2-8-29-15/h3,5-7,9-10,15H,2,4,8,11-12H2,1H3. The van der Waals surface area contributed by atoms with Crippen LogP contribution in [0.5, 0.6) is 0 Å². The fraction of sp³-hybridized carbons (Fsp3) is 0.304. The molecule has 9 heteroatoms. The lowest BCUT2D eigenvalue weighted by Gasteiger charge is -2.17. The van der Waals surface area contributed by atoms with Gasteiger partial charge in [-0.1, -0.05) is 6.07 Å². The monoisotopic (exact) mass is 452 g/mol. The minimum Gasteiger partial charge on any atom is -0.455 e. The Morgan fingerprint density at radius 2 is 2.09 bits per heavy atom. The number of fused-ring (bicyclic) bond motifs is 1. The van der Waals surface area contributed by atoms with Crippen molar-refractivity contribution in [1.29, 1.82) is 0 Å². The molecule has 4 heterocycles. The lowest BCUT2D eigenvalue weighted by Crippen LogP contribution is -2.36. The summed E-state index contributed by atoms with van der Waals surface area (Å²) < 4.78 is 16.6. The molecule has 8 nitrogen and oxygen atoms in total. The maximum atomic E-state index is 12.8. The second-order valence-electron chi connectivity index (χ2n) is 7.69. The Morgan fingerprint density at radius 3 is 2.84 bits per heavy atom. The van der Waals surface area contributed by atoms with Gasteiger partial charge in [-0.05, 0) is 49.4 Å². The van der Waals surface area contributed by atoms with Crippen molar-refractivity contribution >= 4 is 29.1 Å². The van der Waals surface area contributed by atoms with E-state index in [9.17, 15) is 14.4 Å². The van der Waals surface area contributed by atoms with Gasteiger partial charge in [0.25, 0.3) is 11.8 Å². The number of hydrogen-bond donors (Lipinski definition) is 0. The summed E-state index contributed by atoms with van der Waals surface area (Å²) in [4.78, 5) is 44.5. The van der Waals surface area contributed by atoms with Crippen molar-refractivity contribution in [3.8, 4) is 10.8 Å². The summed E-state index contributed by atoms with van der Waals surface area (Å²) >= 11 is 1.51. The van der Waals surface area contributed by atoms with E-state index >= 15 is 0 Å². The number of benzene rings is 1. The summed E-state index contributed by atoms with van der Waals surface area (Å²) in [6.07, 6.45) is 1.61. The fourth-order valence-corrected chi connectivity index (χ4v) is 4.51. The molecule has 0 radical (unpaired) electrons. The van der Waals surface area contributed by atoms with Gasteiger partial charge >= 0.3 is 5.97 Å². The first-order chi connectivity index (χ1) is 15.5. The largest absolute Gasteiger partial charge is 0.455 e. The number of ether oxygens (including phenoxy) is 2. The lowest BCUT2D eigenvalue weighted by atomic mass is 10.1. The zero-order valence-corrected chi connectivity index (χ0v) is 18.1. The molecular weight excluding hydrogens is 432 g/mol. The van der Waals surface area contributed by atoms with Crippen molar-refractivity contribution in [1.82, 2.24) is 9.88 Å². The zero-order valence-electron chi connectivity index (χ0n) is 17.3. The molecule has 0 saturated carbocycles. The van der Waals surface area contributed by atoms with Gasteiger partial charge in [-0.15, -0.1) is 11.3 Å². The Labute approximate surface area is 187 Å². The maximum Gasteiger partial charge on any atom is 0.338 e. The number of carbonyl (C=O) groups is 3. The molecule has 1 fully saturated rings. The Balaban J connectivity index is 1.28. The number of amides is 2. The molecule has 0 N–H and O–H groups in total. The van der Waals surface area contributed by atoms with E-state index in [2.05, 4.69) is 4.98 Å². The van der Waals surface area contributed by atoms with E-state index in [0.717, 1.165) is 17.7 Å². The van der Waals surface area contributed by atoms with E-state index < -0.39 is 11.9 Å². The topological polar surface area (TPSA) is 98.9 Å². The molecule has 1 aromatic carbocycles. The van der Waals surface area contributed by atoms with Crippen molar-refractivity contribution in [2.75, 3.05) is 13.2 Å². The number of hydrogen-bond acceptors (Lipinski definition) is 8. The molecular formula is C23H20N2O6S. The van der Waals surface area contributed by atoms with Gasteiger partial charge in [-0.25, -0.2) is 9.78 Å². The van der Waals surface area contributed by atoms with E-state index in [1.807, 2.05) is 17.5 Å². The highest BCUT2D eigenvalue weighted by molar-refractivity contribution is 7.13. The minimum absolute atomic E-state index is 0.0609. The number of aryl methyl sites for hydroxylation is 1. The summed E-state index contributed by atoms with van der Waals surface area (Å²) in [7, 11) is 0. The van der Waals surface area contributed by atoms with Gasteiger partial charge in [0.2, 0.25) is 5.89 Å². The SMILES string of the molecule is Cc1oc(-c2cccs2)nc1COC(=O)c1ccc2c(c1)C(=O)N(CC1CCCO1)C2=O. The first-order valence-corrected chi connectivity index (χ1v) is 11.2. The van der Waals surface area contributed by atoms with Gasteiger partial charge < -0.3 is 13.9 Å². The number of oxazole rings is 1. The van der Waals surface area contributed by atoms with Crippen LogP contribution >= 0.6 is 11.3 Å². The Bertz CT molecular complexity index is 1190. The van der Waals surface area contributed by atoms with Crippen molar-refractivity contribution in [3.63, 3.8) is 0 Å². The van der Waals surface area contributed by atoms with Gasteiger partial charge in [-0.2, -0.15) is 0 Å². The first-order valence-electron chi connectivity index (χ1n) is 10.3. The van der Waals surface area contributed by atoms with Crippen molar-refractivity contribution in [2.24, 2.45) is 0 Å². The second kappa shape index (κ2) is 8.33. The predicted octanol–water partition coefficient (Wildman–Crippen LogP) is 3.84. The summed E-state index contributed by atoms with van der Waals surface area (Å²) in [6, 6.07) is 8.21. The molecule has 2 amide bonds. The zero-order chi connectivity index (χ0) is 22.2. The number of rotatable bonds is 6. The van der Waals surface area contributed by atoms with Crippen molar-refractivity contribution in [2.45, 2.75) is 32.5 Å². The highest BCUT2D eigenvalue weighted by Gasteiger charge is 2.38. The Kier molecular flexibility index (Phi) is 5.36. The van der Waals surface area contributed by atoms with Crippen molar-refractivity contribution < 1.29 is 28.3 Å². The van der Waals surface area contributed by atoms with Crippen LogP contribution in [0.25, 0.3) is 10.8 Å². The highest BCUT2D eigenvalue weighted by atomic mass is 32.1. The molecule has 2 aromatic heterocycles. The smallest absolute Gasteiger partial charge is 0.338 e. The van der Waals surface area contributed by atoms with Gasteiger partial charge in [0.1, 0.15) is 18.1 Å². The normalized spacial score (nSPS) is 17.8. The Hall–Kier alpha value is -3.30. The third kappa shape index (κ3) is 3.74. The molecule has 1 saturated heterocycles. The molecule has 32 heavy (non-hydrogen) atoms. The van der Waals surface area contributed by atoms with Crippen LogP contribution < -0.4 is 0 Å². The first kappa shape index (κ1) is 20.6. The van der Waals surface area contributed by atoms with Crippen LogP contribution in [0.15, 0.2) is 40.1 Å². The minimum atomic E-state index is -0.606. The molecule has 2 aliphatic rings. The van der Waals surface area contributed by atoms with Crippen molar-refractivity contribution in [3.05, 3.63) is 63.9 Å². The molecule has 2 aliphatic heterocycles. The van der Waals surface area contributed by atoms with E-state index in [1.165, 1.54) is 34.4 Å². The summed E-state index contributed by atoms with van der Waals surface area (Å²) in [6.45, 7) is 2.57. The number of imide groups is 1. The number of esters is 1. The van der Waals surface area contributed by atoms with Crippen LogP contribution in [-0.4, -0.2) is 46.9 Å². The molecule has 0 aliphatic carbocycles. The molecule has 164 valence electrons. The predicted molar refractivity (Wildman–Crippen MR) is 114 cm³/mol. The summed E-state index contributed by atoms with van der Waals surface area (Å²) in [5.74, 6) is -0.328. The van der Waals surface area contributed by atoms with Crippen LogP contribution in [0.4, 0.5) is 0 Å². The van der Waals surface area contributed by atoms with Crippen LogP contribution in [0.1, 0.15) is 55.4 Å². The van der Waals surface area contributed by atoms with Gasteiger partial charge in [0, 0.05) is 6.61 Å². The van der Waals surface area contributed by atoms with Crippen LogP contribution in [0, 0.1) is 6.92 Å². The second-order valence-corrected chi connectivity index (χ2v) is 8.64. The quantitative estimate of drug-likeness (QED) is 0.414. The number of aromatic nitrogens is 1. The van der Waals surface area contributed by atoms with Crippen LogP contribution in [-0.2, 0) is 16.1 Å². The molecule has 0 bridgehead atoms. The number of nitrogens with zero attached hydrogens (tertiary/aromatic N) is 2. The fourth-order valence-electron chi connectivity index (χ4n) is 3.86. The molecule has 0 spiro atoms. The van der Waals surface area contributed by atoms with E-state index in [-0.39, 0.29) is 41.9 Å². The summed E-state index contributed by atoms with van der Waals surface area (Å²) in [5, 5.41) is 1.93. The van der Waals surface area contributed by atoms with Gasteiger partial charge in [0.15, 0.2) is 0 Å². The molecule has 5 rings (SSSR count). The summed E-state index contributed by atoms with van der Waals surface area (Å²) in [5.41, 5.74) is 1.22. The van der Waals surface area contributed by atoms with E-state index in [4.69, 9.17) is 13.9 Å². The molecule has 1 atom stereocenters. The average Bonchev–Trinajstić information content (AvgIpc) is 3.59. The maximum absolute atomic E-state index is 12.8. The Morgan fingerprint density at radius 1 is 1.25 bits per heavy atom. The third-order valence-corrected chi connectivity index (χ3v) is 6.44. The molecule has 3 aromatic rings. The third-order valence-electron chi connectivity index (χ3n) is 5.58. The van der Waals surface area contributed by atoms with Gasteiger partial charge in [0.05, 0.1) is 34.2 Å². The van der Waals surface area contributed by atoms with Crippen LogP contribution in [0.3, 0.4) is 0 Å². The van der Waals surface area contributed by atoms with E-state index in [1.54, 1.807) is 6.92 Å². The number of carbonyl (C=O) groups excluding carboxylic acids is 3. The lowest BCUT2D eigenvalue weighted by molar-refractivity contribution is 0.0464. The molecule has 1 unspecified atom stereocenters. The van der Waals surface area contributed by atoms with Gasteiger partial charge in [-0.3, -0.25) is 14.5 Å².